The Morgan fingerprint density at radius 3 is 2.48 bits per heavy atom. The smallest absolute Gasteiger partial charge is 0.274 e. The van der Waals surface area contributed by atoms with Gasteiger partial charge in [-0.3, -0.25) is 4.79 Å². The number of hydrogen-bond donors (Lipinski definition) is 0. The van der Waals surface area contributed by atoms with Crippen LogP contribution in [0.3, 0.4) is 0 Å². The van der Waals surface area contributed by atoms with E-state index >= 15 is 0 Å². The summed E-state index contributed by atoms with van der Waals surface area (Å²) in [5.74, 6) is 0.845. The normalized spacial score (nSPS) is 22.9. The molecule has 4 rings (SSSR count). The average molecular weight is 341 g/mol. The Bertz CT molecular complexity index is 786. The maximum Gasteiger partial charge on any atom is 0.274 e. The van der Waals surface area contributed by atoms with Gasteiger partial charge in [0.15, 0.2) is 5.69 Å². The Labute approximate surface area is 147 Å². The van der Waals surface area contributed by atoms with Crippen molar-refractivity contribution < 1.29 is 9.18 Å². The van der Waals surface area contributed by atoms with Gasteiger partial charge in [-0.05, 0) is 61.8 Å². The Balaban J connectivity index is 1.70. The lowest BCUT2D eigenvalue weighted by molar-refractivity contribution is 0.0615. The molecule has 0 spiro atoms. The van der Waals surface area contributed by atoms with Gasteiger partial charge in [0, 0.05) is 24.3 Å². The molecular formula is C20H24FN3O. The molecule has 132 valence electrons. The van der Waals surface area contributed by atoms with Gasteiger partial charge in [0.1, 0.15) is 5.82 Å². The standard InChI is InChI=1S/C20H24FN3O/c1-13-10-14(2)12-23(11-13)20(25)19-17-4-3-5-18(17)24(22-19)16-8-6-15(21)7-9-16/h6-9,13-14H,3-5,10-12H2,1-2H3/t13-,14+. The molecule has 1 aromatic heterocycles. The van der Waals surface area contributed by atoms with E-state index in [0.717, 1.165) is 49.3 Å². The van der Waals surface area contributed by atoms with E-state index in [9.17, 15) is 9.18 Å². The maximum atomic E-state index is 13.2. The van der Waals surface area contributed by atoms with E-state index in [1.54, 1.807) is 12.1 Å². The molecule has 1 saturated heterocycles. The van der Waals surface area contributed by atoms with Gasteiger partial charge >= 0.3 is 0 Å². The van der Waals surface area contributed by atoms with Crippen molar-refractivity contribution in [3.63, 3.8) is 0 Å². The molecule has 4 nitrogen and oxygen atoms in total. The molecule has 2 heterocycles. The predicted octanol–water partition coefficient (Wildman–Crippen LogP) is 3.62. The number of hydrogen-bond acceptors (Lipinski definition) is 2. The van der Waals surface area contributed by atoms with Gasteiger partial charge in [0.25, 0.3) is 5.91 Å². The van der Waals surface area contributed by atoms with Gasteiger partial charge in [-0.15, -0.1) is 0 Å². The summed E-state index contributed by atoms with van der Waals surface area (Å²) in [4.78, 5) is 15.1. The lowest BCUT2D eigenvalue weighted by atomic mass is 9.91. The highest BCUT2D eigenvalue weighted by Gasteiger charge is 2.32. The Hall–Kier alpha value is -2.17. The summed E-state index contributed by atoms with van der Waals surface area (Å²) in [6.07, 6.45) is 4.03. The van der Waals surface area contributed by atoms with Crippen LogP contribution in [-0.2, 0) is 12.8 Å². The lowest BCUT2D eigenvalue weighted by Gasteiger charge is -2.34. The van der Waals surface area contributed by atoms with E-state index in [1.165, 1.54) is 18.6 Å². The fraction of sp³-hybridized carbons (Fsp3) is 0.500. The quantitative estimate of drug-likeness (QED) is 0.837. The second-order valence-corrected chi connectivity index (χ2v) is 7.67. The number of carbonyl (C=O) groups excluding carboxylic acids is 1. The number of carbonyl (C=O) groups is 1. The Morgan fingerprint density at radius 1 is 1.12 bits per heavy atom. The van der Waals surface area contributed by atoms with Crippen LogP contribution in [0.25, 0.3) is 5.69 Å². The van der Waals surface area contributed by atoms with E-state index in [-0.39, 0.29) is 11.7 Å². The first kappa shape index (κ1) is 16.3. The summed E-state index contributed by atoms with van der Waals surface area (Å²) in [6, 6.07) is 6.32. The molecule has 0 radical (unpaired) electrons. The van der Waals surface area contributed by atoms with Gasteiger partial charge in [0.2, 0.25) is 0 Å². The zero-order valence-electron chi connectivity index (χ0n) is 14.8. The van der Waals surface area contributed by atoms with Crippen molar-refractivity contribution in [2.24, 2.45) is 11.8 Å². The third-order valence-corrected chi connectivity index (χ3v) is 5.36. The first-order valence-electron chi connectivity index (χ1n) is 9.19. The van der Waals surface area contributed by atoms with Crippen LogP contribution in [0, 0.1) is 17.7 Å². The van der Waals surface area contributed by atoms with Gasteiger partial charge in [-0.25, -0.2) is 9.07 Å². The third kappa shape index (κ3) is 2.96. The first-order valence-corrected chi connectivity index (χ1v) is 9.19. The van der Waals surface area contributed by atoms with Gasteiger partial charge in [-0.2, -0.15) is 5.10 Å². The van der Waals surface area contributed by atoms with E-state index in [0.29, 0.717) is 17.5 Å². The summed E-state index contributed by atoms with van der Waals surface area (Å²) in [5.41, 5.74) is 3.60. The first-order chi connectivity index (χ1) is 12.0. The Kier molecular flexibility index (Phi) is 4.10. The number of amides is 1. The summed E-state index contributed by atoms with van der Waals surface area (Å²) in [7, 11) is 0. The van der Waals surface area contributed by atoms with E-state index < -0.39 is 0 Å². The number of likely N-dealkylation sites (tertiary alicyclic amines) is 1. The van der Waals surface area contributed by atoms with Gasteiger partial charge in [-0.1, -0.05) is 13.8 Å². The van der Waals surface area contributed by atoms with Crippen molar-refractivity contribution in [1.29, 1.82) is 0 Å². The number of piperidine rings is 1. The summed E-state index contributed by atoms with van der Waals surface area (Å²) >= 11 is 0. The third-order valence-electron chi connectivity index (χ3n) is 5.36. The number of rotatable bonds is 2. The van der Waals surface area contributed by atoms with E-state index in [4.69, 9.17) is 0 Å². The van der Waals surface area contributed by atoms with Crippen LogP contribution in [0.2, 0.25) is 0 Å². The second-order valence-electron chi connectivity index (χ2n) is 7.67. The summed E-state index contributed by atoms with van der Waals surface area (Å²) < 4.78 is 15.1. The zero-order valence-corrected chi connectivity index (χ0v) is 14.8. The van der Waals surface area contributed by atoms with Crippen molar-refractivity contribution in [1.82, 2.24) is 14.7 Å². The zero-order chi connectivity index (χ0) is 17.6. The largest absolute Gasteiger partial charge is 0.337 e. The molecule has 1 aromatic carbocycles. The highest BCUT2D eigenvalue weighted by atomic mass is 19.1. The van der Waals surface area contributed by atoms with Crippen molar-refractivity contribution >= 4 is 5.91 Å². The van der Waals surface area contributed by atoms with Crippen LogP contribution >= 0.6 is 0 Å². The maximum absolute atomic E-state index is 13.2. The molecule has 1 aliphatic carbocycles. The van der Waals surface area contributed by atoms with Crippen molar-refractivity contribution in [3.8, 4) is 5.69 Å². The van der Waals surface area contributed by atoms with Crippen molar-refractivity contribution in [2.75, 3.05) is 13.1 Å². The highest BCUT2D eigenvalue weighted by molar-refractivity contribution is 5.94. The number of aromatic nitrogens is 2. The van der Waals surface area contributed by atoms with Crippen molar-refractivity contribution in [3.05, 3.63) is 47.0 Å². The van der Waals surface area contributed by atoms with Crippen LogP contribution in [0.15, 0.2) is 24.3 Å². The topological polar surface area (TPSA) is 38.1 Å². The van der Waals surface area contributed by atoms with Crippen LogP contribution in [0.1, 0.15) is 48.4 Å². The molecule has 2 aromatic rings. The van der Waals surface area contributed by atoms with E-state index in [1.807, 2.05) is 9.58 Å². The number of nitrogens with zero attached hydrogens (tertiary/aromatic N) is 3. The van der Waals surface area contributed by atoms with E-state index in [2.05, 4.69) is 18.9 Å². The fourth-order valence-electron chi connectivity index (χ4n) is 4.38. The molecule has 1 aliphatic heterocycles. The molecule has 1 fully saturated rings. The molecule has 0 unspecified atom stereocenters. The monoisotopic (exact) mass is 341 g/mol. The lowest BCUT2D eigenvalue weighted by Crippen LogP contribution is -2.43. The molecule has 0 saturated carbocycles. The minimum Gasteiger partial charge on any atom is -0.337 e. The van der Waals surface area contributed by atoms with Crippen LogP contribution in [0.4, 0.5) is 4.39 Å². The summed E-state index contributed by atoms with van der Waals surface area (Å²) in [6.45, 7) is 6.03. The Morgan fingerprint density at radius 2 is 1.80 bits per heavy atom. The molecule has 5 heteroatoms. The number of halogens is 1. The molecule has 2 aliphatic rings. The molecule has 0 bridgehead atoms. The molecule has 1 amide bonds. The molecule has 2 atom stereocenters. The second kappa shape index (κ2) is 6.28. The molecule has 0 N–H and O–H groups in total. The van der Waals surface area contributed by atoms with Gasteiger partial charge in [0.05, 0.1) is 5.69 Å². The predicted molar refractivity (Wildman–Crippen MR) is 94.4 cm³/mol. The van der Waals surface area contributed by atoms with Crippen LogP contribution in [-0.4, -0.2) is 33.7 Å². The van der Waals surface area contributed by atoms with Gasteiger partial charge < -0.3 is 4.90 Å². The molecule has 25 heavy (non-hydrogen) atoms. The minimum atomic E-state index is -0.264. The summed E-state index contributed by atoms with van der Waals surface area (Å²) in [5, 5.41) is 4.66. The fourth-order valence-corrected chi connectivity index (χ4v) is 4.38. The van der Waals surface area contributed by atoms with Crippen LogP contribution in [0.5, 0.6) is 0 Å². The molecular weight excluding hydrogens is 317 g/mol. The minimum absolute atomic E-state index is 0.0532. The SMILES string of the molecule is C[C@@H]1C[C@H](C)CN(C(=O)c2nn(-c3ccc(F)cc3)c3c2CCC3)C1. The number of benzene rings is 1. The van der Waals surface area contributed by atoms with Crippen LogP contribution < -0.4 is 0 Å². The average Bonchev–Trinajstić information content (AvgIpc) is 3.16. The van der Waals surface area contributed by atoms with Crippen molar-refractivity contribution in [2.45, 2.75) is 39.5 Å². The highest BCUT2D eigenvalue weighted by Crippen LogP contribution is 2.30. The number of fused-ring (bicyclic) bond motifs is 1.